The van der Waals surface area contributed by atoms with Gasteiger partial charge in [-0.25, -0.2) is 0 Å². The molecule has 0 fully saturated rings. The van der Waals surface area contributed by atoms with Crippen molar-refractivity contribution >= 4 is 16.4 Å². The summed E-state index contributed by atoms with van der Waals surface area (Å²) < 4.78 is 6.50. The summed E-state index contributed by atoms with van der Waals surface area (Å²) in [6.45, 7) is 16.3. The lowest BCUT2D eigenvalue weighted by Crippen LogP contribution is -2.35. The quantitative estimate of drug-likeness (QED) is 0.386. The summed E-state index contributed by atoms with van der Waals surface area (Å²) in [6, 6.07) is 10.9. The van der Waals surface area contributed by atoms with Crippen molar-refractivity contribution in [1.29, 1.82) is 0 Å². The normalized spacial score (nSPS) is 14.8. The summed E-state index contributed by atoms with van der Waals surface area (Å²) >= 11 is 0. The summed E-state index contributed by atoms with van der Waals surface area (Å²) in [4.78, 5) is 0. The lowest BCUT2D eigenvalue weighted by atomic mass is 9.94. The van der Waals surface area contributed by atoms with Crippen molar-refractivity contribution < 1.29 is 4.43 Å². The number of hydrogen-bond donors (Lipinski definition) is 0. The molecule has 1 unspecified atom stereocenters. The maximum absolute atomic E-state index is 6.50. The smallest absolute Gasteiger partial charge is 0.241 e. The molecule has 124 valence electrons. The average molecular weight is 335 g/mol. The van der Waals surface area contributed by atoms with Crippen LogP contribution in [0.15, 0.2) is 41.8 Å². The first-order valence-corrected chi connectivity index (χ1v) is 15.5. The first kappa shape index (κ1) is 19.2. The molecule has 22 heavy (non-hydrogen) atoms. The van der Waals surface area contributed by atoms with Gasteiger partial charge in [0.25, 0.3) is 0 Å². The van der Waals surface area contributed by atoms with Gasteiger partial charge in [0.1, 0.15) is 8.07 Å². The molecule has 0 aliphatic rings. The molecular formula is C19H34OSi2. The van der Waals surface area contributed by atoms with Gasteiger partial charge in [-0.15, -0.1) is 0 Å². The monoisotopic (exact) mass is 334 g/mol. The molecule has 0 aromatic heterocycles. The summed E-state index contributed by atoms with van der Waals surface area (Å²) in [5.74, 6) is 0.485. The highest BCUT2D eigenvalue weighted by Crippen LogP contribution is 2.29. The lowest BCUT2D eigenvalue weighted by Gasteiger charge is -2.31. The van der Waals surface area contributed by atoms with Crippen LogP contribution in [0.2, 0.25) is 39.3 Å². The molecule has 0 radical (unpaired) electrons. The SMILES string of the molecule is CCCCC(/C=C(/O[Si](C)(C)C)[Si](C)(C)C)c1ccccc1. The fraction of sp³-hybridized carbons (Fsp3) is 0.579. The standard InChI is InChI=1S/C19H34OSi2/c1-8-9-13-18(17-14-11-10-12-15-17)16-19(21(2,3)4)20-22(5,6)7/h10-12,14-16,18H,8-9,13H2,1-7H3/b19-16-. The second-order valence-corrected chi connectivity index (χ2v) is 17.6. The van der Waals surface area contributed by atoms with E-state index in [1.54, 1.807) is 0 Å². The van der Waals surface area contributed by atoms with E-state index in [4.69, 9.17) is 4.43 Å². The van der Waals surface area contributed by atoms with Crippen molar-refractivity contribution in [1.82, 2.24) is 0 Å². The van der Waals surface area contributed by atoms with E-state index in [2.05, 4.69) is 82.6 Å². The second-order valence-electron chi connectivity index (χ2n) is 8.15. The number of rotatable bonds is 8. The Morgan fingerprint density at radius 2 is 1.64 bits per heavy atom. The van der Waals surface area contributed by atoms with Crippen LogP contribution < -0.4 is 0 Å². The fourth-order valence-electron chi connectivity index (χ4n) is 2.42. The van der Waals surface area contributed by atoms with Crippen molar-refractivity contribution in [2.24, 2.45) is 0 Å². The molecule has 0 saturated heterocycles. The summed E-state index contributed by atoms with van der Waals surface area (Å²) in [5.41, 5.74) is 1.42. The molecule has 0 bridgehead atoms. The minimum atomic E-state index is -1.56. The predicted molar refractivity (Wildman–Crippen MR) is 105 cm³/mol. The predicted octanol–water partition coefficient (Wildman–Crippen LogP) is 6.57. The van der Waals surface area contributed by atoms with Crippen molar-refractivity contribution in [3.05, 3.63) is 47.4 Å². The molecule has 0 aliphatic carbocycles. The topological polar surface area (TPSA) is 9.23 Å². The van der Waals surface area contributed by atoms with E-state index in [1.165, 1.54) is 30.2 Å². The second kappa shape index (κ2) is 8.16. The van der Waals surface area contributed by atoms with Gasteiger partial charge in [-0.05, 0) is 37.7 Å². The van der Waals surface area contributed by atoms with Crippen LogP contribution in [-0.4, -0.2) is 16.4 Å². The third kappa shape index (κ3) is 6.97. The molecule has 0 spiro atoms. The molecule has 0 saturated carbocycles. The summed E-state index contributed by atoms with van der Waals surface area (Å²) in [7, 11) is -3.02. The van der Waals surface area contributed by atoms with Crippen LogP contribution in [0.1, 0.15) is 37.7 Å². The molecule has 0 N–H and O–H groups in total. The van der Waals surface area contributed by atoms with Crippen molar-refractivity contribution in [3.63, 3.8) is 0 Å². The Morgan fingerprint density at radius 1 is 1.05 bits per heavy atom. The fourth-order valence-corrected chi connectivity index (χ4v) is 5.99. The molecular weight excluding hydrogens is 300 g/mol. The van der Waals surface area contributed by atoms with E-state index in [0.29, 0.717) is 5.92 Å². The van der Waals surface area contributed by atoms with E-state index in [0.717, 1.165) is 0 Å². The van der Waals surface area contributed by atoms with Gasteiger partial charge in [0.05, 0.1) is 5.38 Å². The maximum Gasteiger partial charge on any atom is 0.241 e. The lowest BCUT2D eigenvalue weighted by molar-refractivity contribution is 0.446. The van der Waals surface area contributed by atoms with Crippen LogP contribution in [0, 0.1) is 0 Å². The van der Waals surface area contributed by atoms with Crippen molar-refractivity contribution in [3.8, 4) is 0 Å². The highest BCUT2D eigenvalue weighted by Gasteiger charge is 2.28. The van der Waals surface area contributed by atoms with Crippen LogP contribution in [0.5, 0.6) is 0 Å². The molecule has 0 heterocycles. The number of benzene rings is 1. The number of allylic oxidation sites excluding steroid dienone is 1. The molecule has 1 atom stereocenters. The van der Waals surface area contributed by atoms with Gasteiger partial charge in [-0.2, -0.15) is 0 Å². The van der Waals surface area contributed by atoms with Crippen LogP contribution in [0.3, 0.4) is 0 Å². The van der Waals surface area contributed by atoms with Crippen molar-refractivity contribution in [2.45, 2.75) is 71.4 Å². The molecule has 1 aromatic carbocycles. The van der Waals surface area contributed by atoms with Crippen molar-refractivity contribution in [2.75, 3.05) is 0 Å². The highest BCUT2D eigenvalue weighted by atomic mass is 28.4. The Labute approximate surface area is 139 Å². The Kier molecular flexibility index (Phi) is 7.14. The number of hydrogen-bond acceptors (Lipinski definition) is 1. The number of unbranched alkanes of at least 4 members (excludes halogenated alkanes) is 1. The largest absolute Gasteiger partial charge is 0.552 e. The summed E-state index contributed by atoms with van der Waals surface area (Å²) in [6.07, 6.45) is 6.18. The highest BCUT2D eigenvalue weighted by molar-refractivity contribution is 6.84. The Balaban J connectivity index is 3.14. The third-order valence-corrected chi connectivity index (χ3v) is 6.39. The van der Waals surface area contributed by atoms with Gasteiger partial charge in [-0.1, -0.05) is 69.7 Å². The molecule has 0 aliphatic heterocycles. The van der Waals surface area contributed by atoms with E-state index in [1.807, 2.05) is 0 Å². The average Bonchev–Trinajstić information content (AvgIpc) is 2.40. The van der Waals surface area contributed by atoms with Crippen LogP contribution in [0.25, 0.3) is 0 Å². The van der Waals surface area contributed by atoms with E-state index in [-0.39, 0.29) is 0 Å². The zero-order chi connectivity index (χ0) is 16.8. The Hall–Kier alpha value is -0.806. The molecule has 1 nitrogen and oxygen atoms in total. The van der Waals surface area contributed by atoms with Gasteiger partial charge in [0.2, 0.25) is 8.32 Å². The summed E-state index contributed by atoms with van der Waals surface area (Å²) in [5, 5.41) is 1.30. The zero-order valence-electron chi connectivity index (χ0n) is 15.6. The maximum atomic E-state index is 6.50. The first-order valence-electron chi connectivity index (χ1n) is 8.59. The van der Waals surface area contributed by atoms with E-state index in [9.17, 15) is 0 Å². The van der Waals surface area contributed by atoms with Gasteiger partial charge in [0.15, 0.2) is 0 Å². The van der Waals surface area contributed by atoms with Crippen LogP contribution in [0.4, 0.5) is 0 Å². The molecule has 0 amide bonds. The van der Waals surface area contributed by atoms with Crippen LogP contribution in [-0.2, 0) is 4.43 Å². The Bertz CT molecular complexity index is 466. The molecule has 1 aromatic rings. The van der Waals surface area contributed by atoms with E-state index >= 15 is 0 Å². The van der Waals surface area contributed by atoms with Gasteiger partial charge in [-0.3, -0.25) is 0 Å². The minimum Gasteiger partial charge on any atom is -0.552 e. The third-order valence-electron chi connectivity index (χ3n) is 3.60. The van der Waals surface area contributed by atoms with Gasteiger partial charge >= 0.3 is 0 Å². The van der Waals surface area contributed by atoms with E-state index < -0.39 is 16.4 Å². The molecule has 1 rings (SSSR count). The first-order chi connectivity index (χ1) is 10.1. The zero-order valence-corrected chi connectivity index (χ0v) is 17.6. The van der Waals surface area contributed by atoms with Crippen LogP contribution >= 0.6 is 0 Å². The van der Waals surface area contributed by atoms with Gasteiger partial charge in [0, 0.05) is 5.92 Å². The van der Waals surface area contributed by atoms with Gasteiger partial charge < -0.3 is 4.43 Å². The minimum absolute atomic E-state index is 0.485. The molecule has 3 heteroatoms. The Morgan fingerprint density at radius 3 is 2.09 bits per heavy atom.